The first kappa shape index (κ1) is 20.8. The quantitative estimate of drug-likeness (QED) is 0.341. The molecule has 0 saturated heterocycles. The van der Waals surface area contributed by atoms with Crippen molar-refractivity contribution in [3.63, 3.8) is 0 Å². The van der Waals surface area contributed by atoms with Crippen molar-refractivity contribution in [1.29, 1.82) is 0 Å². The van der Waals surface area contributed by atoms with Crippen molar-refractivity contribution in [2.75, 3.05) is 13.2 Å². The van der Waals surface area contributed by atoms with Crippen molar-refractivity contribution in [3.05, 3.63) is 21.1 Å². The zero-order valence-electron chi connectivity index (χ0n) is 13.9. The molecule has 26 heavy (non-hydrogen) atoms. The van der Waals surface area contributed by atoms with Crippen molar-refractivity contribution >= 4 is 32.9 Å². The zero-order valence-corrected chi connectivity index (χ0v) is 15.6. The predicted octanol–water partition coefficient (Wildman–Crippen LogP) is 2.74. The average Bonchev–Trinajstić information content (AvgIpc) is 3.08. The van der Waals surface area contributed by atoms with E-state index in [9.17, 15) is 0 Å². The Morgan fingerprint density at radius 3 is 1.54 bits per heavy atom. The van der Waals surface area contributed by atoms with Gasteiger partial charge >= 0.3 is 0 Å². The minimum Gasteiger partial charge on any atom is -0.266 e. The van der Waals surface area contributed by atoms with Crippen LogP contribution in [0.5, 0.6) is 0 Å². The number of azo groups is 1. The number of hydrogen-bond acceptors (Lipinski definition) is 14. The second kappa shape index (κ2) is 10.0. The van der Waals surface area contributed by atoms with Gasteiger partial charge in [0.15, 0.2) is 0 Å². The summed E-state index contributed by atoms with van der Waals surface area (Å²) < 4.78 is 0. The summed E-state index contributed by atoms with van der Waals surface area (Å²) in [5, 5.41) is 42.4. The molecule has 144 valence electrons. The lowest BCUT2D eigenvalue weighted by Crippen LogP contribution is -2.16. The van der Waals surface area contributed by atoms with Gasteiger partial charge in [-0.25, -0.2) is 9.97 Å². The Morgan fingerprint density at radius 2 is 1.19 bits per heavy atom. The van der Waals surface area contributed by atoms with E-state index in [1.807, 2.05) is 13.8 Å². The van der Waals surface area contributed by atoms with Gasteiger partial charge in [0.1, 0.15) is 0 Å². The molecule has 0 aromatic carbocycles. The molecular formula is C12H18N6O6S2. The Labute approximate surface area is 155 Å². The SMILES string of the molecule is Cc1nc(N=Nc2nc(C)c(CCON(O)O)s2)sc1CCON(O)O. The lowest BCUT2D eigenvalue weighted by atomic mass is 10.3. The normalized spacial score (nSPS) is 12.2. The summed E-state index contributed by atoms with van der Waals surface area (Å²) in [6.45, 7) is 3.81. The van der Waals surface area contributed by atoms with E-state index in [1.54, 1.807) is 0 Å². The first-order valence-corrected chi connectivity index (χ1v) is 8.94. The van der Waals surface area contributed by atoms with Crippen LogP contribution in [0.1, 0.15) is 21.1 Å². The fourth-order valence-corrected chi connectivity index (χ4v) is 3.63. The molecule has 12 nitrogen and oxygen atoms in total. The Balaban J connectivity index is 1.95. The molecule has 0 spiro atoms. The second-order valence-corrected chi connectivity index (χ2v) is 7.01. The van der Waals surface area contributed by atoms with Crippen molar-refractivity contribution in [2.45, 2.75) is 26.7 Å². The van der Waals surface area contributed by atoms with Gasteiger partial charge in [-0.3, -0.25) is 30.5 Å². The third kappa shape index (κ3) is 6.69. The monoisotopic (exact) mass is 406 g/mol. The summed E-state index contributed by atoms with van der Waals surface area (Å²) in [4.78, 5) is 19.4. The lowest BCUT2D eigenvalue weighted by molar-refractivity contribution is -0.492. The molecule has 4 N–H and O–H groups in total. The number of rotatable bonds is 10. The number of aryl methyl sites for hydroxylation is 2. The molecule has 0 saturated carbocycles. The van der Waals surface area contributed by atoms with Gasteiger partial charge in [-0.05, 0) is 13.8 Å². The first-order valence-electron chi connectivity index (χ1n) is 7.31. The maximum Gasteiger partial charge on any atom is 0.230 e. The Morgan fingerprint density at radius 1 is 0.808 bits per heavy atom. The molecule has 2 aromatic heterocycles. The van der Waals surface area contributed by atoms with Gasteiger partial charge in [0.05, 0.1) is 35.4 Å². The first-order chi connectivity index (χ1) is 12.3. The average molecular weight is 406 g/mol. The highest BCUT2D eigenvalue weighted by Crippen LogP contribution is 2.30. The number of nitrogens with zero attached hydrogens (tertiary/aromatic N) is 6. The van der Waals surface area contributed by atoms with E-state index < -0.39 is 0 Å². The summed E-state index contributed by atoms with van der Waals surface area (Å²) in [6, 6.07) is 0. The van der Waals surface area contributed by atoms with Crippen LogP contribution >= 0.6 is 22.7 Å². The number of hydrogen-bond donors (Lipinski definition) is 4. The van der Waals surface area contributed by atoms with Gasteiger partial charge in [0.25, 0.3) is 0 Å². The minimum atomic E-state index is -0.330. The largest absolute Gasteiger partial charge is 0.266 e. The van der Waals surface area contributed by atoms with E-state index in [0.717, 1.165) is 21.1 Å². The Kier molecular flexibility index (Phi) is 8.04. The molecule has 0 aliphatic carbocycles. The van der Waals surface area contributed by atoms with Crippen molar-refractivity contribution in [2.24, 2.45) is 10.2 Å². The minimum absolute atomic E-state index is 0.0861. The van der Waals surface area contributed by atoms with Crippen LogP contribution in [0.25, 0.3) is 0 Å². The summed E-state index contributed by atoms with van der Waals surface area (Å²) in [5.41, 5.74) is 1.53. The zero-order chi connectivity index (χ0) is 19.1. The third-order valence-corrected chi connectivity index (χ3v) is 5.26. The van der Waals surface area contributed by atoms with Gasteiger partial charge in [0.2, 0.25) is 10.3 Å². The van der Waals surface area contributed by atoms with E-state index in [0.29, 0.717) is 23.1 Å². The van der Waals surface area contributed by atoms with E-state index in [4.69, 9.17) is 20.8 Å². The highest BCUT2D eigenvalue weighted by atomic mass is 32.1. The molecule has 0 bridgehead atoms. The maximum atomic E-state index is 8.50. The van der Waals surface area contributed by atoms with E-state index in [-0.39, 0.29) is 24.0 Å². The Bertz CT molecular complexity index is 674. The van der Waals surface area contributed by atoms with Crippen LogP contribution in [-0.4, -0.2) is 54.8 Å². The van der Waals surface area contributed by atoms with E-state index in [2.05, 4.69) is 29.9 Å². The molecule has 0 atom stereocenters. The van der Waals surface area contributed by atoms with E-state index in [1.165, 1.54) is 22.7 Å². The molecule has 0 aliphatic rings. The summed E-state index contributed by atoms with van der Waals surface area (Å²) in [7, 11) is 0. The van der Waals surface area contributed by atoms with Crippen LogP contribution in [0, 0.1) is 13.8 Å². The van der Waals surface area contributed by atoms with Crippen LogP contribution in [0.4, 0.5) is 10.3 Å². The van der Waals surface area contributed by atoms with Gasteiger partial charge in [-0.1, -0.05) is 22.7 Å². The molecule has 0 aliphatic heterocycles. The van der Waals surface area contributed by atoms with Crippen molar-refractivity contribution < 1.29 is 30.5 Å². The number of thiazole rings is 2. The molecule has 2 rings (SSSR count). The van der Waals surface area contributed by atoms with Crippen LogP contribution in [0.2, 0.25) is 0 Å². The molecular weight excluding hydrogens is 388 g/mol. The van der Waals surface area contributed by atoms with Gasteiger partial charge in [-0.2, -0.15) is 0 Å². The predicted molar refractivity (Wildman–Crippen MR) is 88.0 cm³/mol. The number of aromatic nitrogens is 2. The summed E-state index contributed by atoms with van der Waals surface area (Å²) in [5.74, 6) is 0. The third-order valence-electron chi connectivity index (χ3n) is 3.06. The van der Waals surface area contributed by atoms with Gasteiger partial charge in [0, 0.05) is 22.6 Å². The summed E-state index contributed by atoms with van der Waals surface area (Å²) >= 11 is 2.64. The van der Waals surface area contributed by atoms with Crippen LogP contribution < -0.4 is 0 Å². The van der Waals surface area contributed by atoms with Crippen molar-refractivity contribution in [1.82, 2.24) is 20.7 Å². The maximum absolute atomic E-state index is 8.50. The molecule has 14 heteroatoms. The second-order valence-electron chi connectivity index (χ2n) is 4.88. The highest BCUT2D eigenvalue weighted by molar-refractivity contribution is 7.15. The van der Waals surface area contributed by atoms with Gasteiger partial charge < -0.3 is 0 Å². The topological polar surface area (TPSA) is 156 Å². The van der Waals surface area contributed by atoms with Crippen LogP contribution in [-0.2, 0) is 22.5 Å². The molecule has 0 fully saturated rings. The lowest BCUT2D eigenvalue weighted by Gasteiger charge is -2.04. The van der Waals surface area contributed by atoms with Crippen molar-refractivity contribution in [3.8, 4) is 0 Å². The van der Waals surface area contributed by atoms with Gasteiger partial charge in [-0.15, -0.1) is 10.2 Å². The molecule has 2 heterocycles. The standard InChI is InChI=1S/C12H18N6O6S2/c1-7-9(3-5-23-17(19)20)25-11(13-7)15-16-12-14-8(2)10(26-12)4-6-24-18(21)22/h19-22H,3-6H2,1-2H3. The van der Waals surface area contributed by atoms with Crippen LogP contribution in [0.15, 0.2) is 10.2 Å². The molecule has 0 amide bonds. The summed E-state index contributed by atoms with van der Waals surface area (Å²) in [6.07, 6.45) is 0.897. The Hall–Kier alpha value is -1.46. The highest BCUT2D eigenvalue weighted by Gasteiger charge is 2.10. The fraction of sp³-hybridized carbons (Fsp3) is 0.500. The fourth-order valence-electron chi connectivity index (χ4n) is 1.90. The molecule has 0 unspecified atom stereocenters. The van der Waals surface area contributed by atoms with Crippen LogP contribution in [0.3, 0.4) is 0 Å². The smallest absolute Gasteiger partial charge is 0.230 e. The molecule has 0 radical (unpaired) electrons. The van der Waals surface area contributed by atoms with E-state index >= 15 is 0 Å². The molecule has 2 aromatic rings.